The monoisotopic (exact) mass is 411 g/mol. The fourth-order valence-corrected chi connectivity index (χ4v) is 4.02. The molecule has 4 rings (SSSR count). The van der Waals surface area contributed by atoms with E-state index in [-0.39, 0.29) is 18.1 Å². The van der Waals surface area contributed by atoms with E-state index in [1.807, 2.05) is 57.7 Å². The number of anilines is 1. The summed E-state index contributed by atoms with van der Waals surface area (Å²) in [5.41, 5.74) is 3.78. The molecule has 2 aliphatic heterocycles. The van der Waals surface area contributed by atoms with E-state index >= 15 is 0 Å². The van der Waals surface area contributed by atoms with Crippen molar-refractivity contribution in [3.05, 3.63) is 47.9 Å². The van der Waals surface area contributed by atoms with Crippen molar-refractivity contribution < 1.29 is 19.0 Å². The van der Waals surface area contributed by atoms with Crippen LogP contribution < -0.4 is 9.64 Å². The van der Waals surface area contributed by atoms with Gasteiger partial charge in [-0.15, -0.1) is 0 Å². The maximum absolute atomic E-state index is 13.1. The van der Waals surface area contributed by atoms with Crippen LogP contribution in [0.2, 0.25) is 0 Å². The molecule has 2 aliphatic rings. The summed E-state index contributed by atoms with van der Waals surface area (Å²) in [5.74, 6) is 0.826. The smallest absolute Gasteiger partial charge is 0.234 e. The molecular weight excluding hydrogens is 382 g/mol. The third kappa shape index (κ3) is 4.42. The molecule has 3 heterocycles. The Labute approximate surface area is 177 Å². The highest BCUT2D eigenvalue weighted by Crippen LogP contribution is 2.35. The van der Waals surface area contributed by atoms with E-state index in [2.05, 4.69) is 5.10 Å². The largest absolute Gasteiger partial charge is 0.494 e. The standard InChI is InChI=1S/C23H29N3O4/c1-4-29-19-5-6-21(16(2)11-19)26-15-20(17-13-24-25(3)14-17)22(12-23(26)27)30-18-7-9-28-10-8-18/h5-6,11,13-15,18,22H,4,7-10,12H2,1-3H3. The van der Waals surface area contributed by atoms with Crippen molar-refractivity contribution in [1.29, 1.82) is 0 Å². The van der Waals surface area contributed by atoms with Gasteiger partial charge in [-0.3, -0.25) is 14.4 Å². The zero-order chi connectivity index (χ0) is 21.1. The van der Waals surface area contributed by atoms with Gasteiger partial charge in [0.25, 0.3) is 0 Å². The lowest BCUT2D eigenvalue weighted by atomic mass is 9.96. The van der Waals surface area contributed by atoms with Crippen LogP contribution in [0.1, 0.15) is 37.3 Å². The Morgan fingerprint density at radius 1 is 1.27 bits per heavy atom. The number of aryl methyl sites for hydroxylation is 2. The number of aromatic nitrogens is 2. The van der Waals surface area contributed by atoms with Crippen LogP contribution in [0, 0.1) is 6.92 Å². The van der Waals surface area contributed by atoms with Gasteiger partial charge in [0.15, 0.2) is 0 Å². The van der Waals surface area contributed by atoms with Crippen LogP contribution in [0.3, 0.4) is 0 Å². The third-order valence-corrected chi connectivity index (χ3v) is 5.55. The molecule has 0 aliphatic carbocycles. The minimum atomic E-state index is -0.288. The summed E-state index contributed by atoms with van der Waals surface area (Å²) in [6.45, 7) is 5.97. The van der Waals surface area contributed by atoms with Gasteiger partial charge in [-0.2, -0.15) is 5.10 Å². The predicted octanol–water partition coefficient (Wildman–Crippen LogP) is 3.47. The molecule has 1 aromatic carbocycles. The second-order valence-corrected chi connectivity index (χ2v) is 7.77. The molecule has 1 aromatic heterocycles. The Morgan fingerprint density at radius 3 is 2.73 bits per heavy atom. The average molecular weight is 412 g/mol. The lowest BCUT2D eigenvalue weighted by molar-refractivity contribution is -0.122. The summed E-state index contributed by atoms with van der Waals surface area (Å²) in [7, 11) is 1.89. The van der Waals surface area contributed by atoms with Crippen molar-refractivity contribution in [2.75, 3.05) is 24.7 Å². The van der Waals surface area contributed by atoms with Crippen molar-refractivity contribution in [2.24, 2.45) is 7.05 Å². The van der Waals surface area contributed by atoms with Gasteiger partial charge in [-0.25, -0.2) is 0 Å². The Balaban J connectivity index is 1.66. The quantitative estimate of drug-likeness (QED) is 0.728. The molecule has 30 heavy (non-hydrogen) atoms. The van der Waals surface area contributed by atoms with Crippen LogP contribution in [0.15, 0.2) is 36.8 Å². The highest BCUT2D eigenvalue weighted by Gasteiger charge is 2.33. The molecule has 7 nitrogen and oxygen atoms in total. The molecular formula is C23H29N3O4. The van der Waals surface area contributed by atoms with Crippen LogP contribution in [-0.2, 0) is 21.3 Å². The molecule has 1 atom stereocenters. The summed E-state index contributed by atoms with van der Waals surface area (Å²) >= 11 is 0. The lowest BCUT2D eigenvalue weighted by Crippen LogP contribution is -2.39. The SMILES string of the molecule is CCOc1ccc(N2C=C(c3cnn(C)c3)C(OC3CCOCC3)CC2=O)c(C)c1. The van der Waals surface area contributed by atoms with Gasteiger partial charge >= 0.3 is 0 Å². The second kappa shape index (κ2) is 9.02. The lowest BCUT2D eigenvalue weighted by Gasteiger charge is -2.34. The normalized spacial score (nSPS) is 20.4. The number of nitrogens with zero attached hydrogens (tertiary/aromatic N) is 3. The predicted molar refractivity (Wildman–Crippen MR) is 114 cm³/mol. The molecule has 0 spiro atoms. The first kappa shape index (κ1) is 20.6. The van der Waals surface area contributed by atoms with Crippen LogP contribution in [0.4, 0.5) is 5.69 Å². The molecule has 0 bridgehead atoms. The number of rotatable bonds is 6. The van der Waals surface area contributed by atoms with Gasteiger partial charge in [0.2, 0.25) is 5.91 Å². The second-order valence-electron chi connectivity index (χ2n) is 7.77. The summed E-state index contributed by atoms with van der Waals surface area (Å²) in [6, 6.07) is 5.81. The number of benzene rings is 1. The summed E-state index contributed by atoms with van der Waals surface area (Å²) < 4.78 is 19.2. The summed E-state index contributed by atoms with van der Waals surface area (Å²) in [6.07, 6.45) is 7.52. The Kier molecular flexibility index (Phi) is 6.20. The zero-order valence-corrected chi connectivity index (χ0v) is 17.8. The number of ether oxygens (including phenoxy) is 3. The topological polar surface area (TPSA) is 65.8 Å². The van der Waals surface area contributed by atoms with E-state index in [9.17, 15) is 4.79 Å². The number of amides is 1. The number of carbonyl (C=O) groups excluding carboxylic acids is 1. The first-order valence-electron chi connectivity index (χ1n) is 10.5. The minimum Gasteiger partial charge on any atom is -0.494 e. The van der Waals surface area contributed by atoms with Gasteiger partial charge < -0.3 is 14.2 Å². The maximum Gasteiger partial charge on any atom is 0.234 e. The van der Waals surface area contributed by atoms with Crippen LogP contribution in [0.5, 0.6) is 5.75 Å². The van der Waals surface area contributed by atoms with Crippen molar-refractivity contribution in [2.45, 2.75) is 45.3 Å². The average Bonchev–Trinajstić information content (AvgIpc) is 3.16. The van der Waals surface area contributed by atoms with E-state index < -0.39 is 0 Å². The van der Waals surface area contributed by atoms with Crippen molar-refractivity contribution in [1.82, 2.24) is 9.78 Å². The van der Waals surface area contributed by atoms with Gasteiger partial charge in [-0.1, -0.05) is 0 Å². The van der Waals surface area contributed by atoms with E-state index in [0.29, 0.717) is 26.2 Å². The Morgan fingerprint density at radius 2 is 2.07 bits per heavy atom. The molecule has 1 amide bonds. The van der Waals surface area contributed by atoms with Crippen LogP contribution >= 0.6 is 0 Å². The van der Waals surface area contributed by atoms with E-state index in [4.69, 9.17) is 14.2 Å². The third-order valence-electron chi connectivity index (χ3n) is 5.55. The fourth-order valence-electron chi connectivity index (χ4n) is 4.02. The van der Waals surface area contributed by atoms with Gasteiger partial charge in [0, 0.05) is 43.8 Å². The molecule has 1 saturated heterocycles. The first-order chi connectivity index (χ1) is 14.5. The van der Waals surface area contributed by atoms with Crippen molar-refractivity contribution >= 4 is 17.2 Å². The zero-order valence-electron chi connectivity index (χ0n) is 17.8. The molecule has 1 unspecified atom stereocenters. The fraction of sp³-hybridized carbons (Fsp3) is 0.478. The van der Waals surface area contributed by atoms with Crippen molar-refractivity contribution in [3.8, 4) is 5.75 Å². The Bertz CT molecular complexity index is 930. The molecule has 0 N–H and O–H groups in total. The molecule has 1 fully saturated rings. The number of hydrogen-bond acceptors (Lipinski definition) is 5. The number of carbonyl (C=O) groups is 1. The van der Waals surface area contributed by atoms with E-state index in [0.717, 1.165) is 41.0 Å². The highest BCUT2D eigenvalue weighted by molar-refractivity contribution is 6.01. The highest BCUT2D eigenvalue weighted by atomic mass is 16.5. The molecule has 2 aromatic rings. The van der Waals surface area contributed by atoms with Crippen LogP contribution in [-0.4, -0.2) is 47.7 Å². The summed E-state index contributed by atoms with van der Waals surface area (Å²) in [5, 5.41) is 4.32. The molecule has 0 radical (unpaired) electrons. The van der Waals surface area contributed by atoms with Gasteiger partial charge in [0.05, 0.1) is 37.1 Å². The van der Waals surface area contributed by atoms with E-state index in [1.54, 1.807) is 9.58 Å². The Hall–Kier alpha value is -2.64. The van der Waals surface area contributed by atoms with Crippen LogP contribution in [0.25, 0.3) is 5.57 Å². The van der Waals surface area contributed by atoms with Crippen molar-refractivity contribution in [3.63, 3.8) is 0 Å². The van der Waals surface area contributed by atoms with Gasteiger partial charge in [-0.05, 0) is 50.5 Å². The van der Waals surface area contributed by atoms with Gasteiger partial charge in [0.1, 0.15) is 5.75 Å². The number of hydrogen-bond donors (Lipinski definition) is 0. The maximum atomic E-state index is 13.1. The van der Waals surface area contributed by atoms with E-state index in [1.165, 1.54) is 0 Å². The molecule has 0 saturated carbocycles. The minimum absolute atomic E-state index is 0.0203. The molecule has 160 valence electrons. The summed E-state index contributed by atoms with van der Waals surface area (Å²) in [4.78, 5) is 14.8. The molecule has 7 heteroatoms. The first-order valence-corrected chi connectivity index (χ1v) is 10.5.